The molecule has 2 rings (SSSR count). The largest absolute Gasteiger partial charge is 0.454 e. The van der Waals surface area contributed by atoms with Crippen molar-refractivity contribution in [3.05, 3.63) is 59.4 Å². The SMILES string of the molecule is Fc1ccccc1Oc1ccc(CBr)cc1C(F)(F)F. The van der Waals surface area contributed by atoms with Crippen molar-refractivity contribution < 1.29 is 22.3 Å². The van der Waals surface area contributed by atoms with E-state index in [0.29, 0.717) is 5.56 Å². The predicted octanol–water partition coefficient (Wildman–Crippen LogP) is 5.53. The lowest BCUT2D eigenvalue weighted by Crippen LogP contribution is -2.08. The lowest BCUT2D eigenvalue weighted by molar-refractivity contribution is -0.138. The van der Waals surface area contributed by atoms with Crippen LogP contribution >= 0.6 is 15.9 Å². The number of ether oxygens (including phenoxy) is 1. The Kier molecular flexibility index (Phi) is 4.32. The number of rotatable bonds is 3. The Hall–Kier alpha value is -1.56. The maximum atomic E-state index is 13.4. The van der Waals surface area contributed by atoms with Crippen molar-refractivity contribution in [2.45, 2.75) is 11.5 Å². The first-order valence-corrected chi connectivity index (χ1v) is 6.72. The molecule has 0 heterocycles. The molecule has 0 unspecified atom stereocenters. The molecule has 106 valence electrons. The number of benzene rings is 2. The average molecular weight is 349 g/mol. The smallest absolute Gasteiger partial charge is 0.419 e. The van der Waals surface area contributed by atoms with Crippen molar-refractivity contribution in [3.63, 3.8) is 0 Å². The van der Waals surface area contributed by atoms with E-state index in [0.717, 1.165) is 12.1 Å². The molecule has 0 spiro atoms. The normalized spacial score (nSPS) is 11.4. The first kappa shape index (κ1) is 14.8. The second kappa shape index (κ2) is 5.83. The van der Waals surface area contributed by atoms with Crippen molar-refractivity contribution in [2.24, 2.45) is 0 Å². The molecule has 0 saturated carbocycles. The summed E-state index contributed by atoms with van der Waals surface area (Å²) < 4.78 is 57.4. The molecule has 0 aromatic heterocycles. The van der Waals surface area contributed by atoms with E-state index in [1.165, 1.54) is 30.3 Å². The minimum atomic E-state index is -4.57. The third-order valence-corrected chi connectivity index (χ3v) is 3.21. The predicted molar refractivity (Wildman–Crippen MR) is 70.5 cm³/mol. The van der Waals surface area contributed by atoms with Crippen LogP contribution in [0.25, 0.3) is 0 Å². The molecule has 0 aliphatic rings. The minimum absolute atomic E-state index is 0.246. The first-order chi connectivity index (χ1) is 9.41. The highest BCUT2D eigenvalue weighted by atomic mass is 79.9. The Balaban J connectivity index is 2.44. The molecule has 0 atom stereocenters. The first-order valence-electron chi connectivity index (χ1n) is 5.60. The van der Waals surface area contributed by atoms with E-state index in [9.17, 15) is 17.6 Å². The molecule has 2 aromatic carbocycles. The Bertz CT molecular complexity index is 610. The zero-order valence-electron chi connectivity index (χ0n) is 10.0. The second-order valence-electron chi connectivity index (χ2n) is 3.99. The molecule has 20 heavy (non-hydrogen) atoms. The lowest BCUT2D eigenvalue weighted by Gasteiger charge is -2.15. The van der Waals surface area contributed by atoms with Gasteiger partial charge in [-0.25, -0.2) is 4.39 Å². The maximum Gasteiger partial charge on any atom is 0.419 e. The second-order valence-corrected chi connectivity index (χ2v) is 4.56. The van der Waals surface area contributed by atoms with Crippen LogP contribution in [0.2, 0.25) is 0 Å². The van der Waals surface area contributed by atoms with Crippen molar-refractivity contribution in [1.29, 1.82) is 0 Å². The van der Waals surface area contributed by atoms with Gasteiger partial charge < -0.3 is 4.74 Å². The van der Waals surface area contributed by atoms with Gasteiger partial charge in [0.2, 0.25) is 0 Å². The fraction of sp³-hybridized carbons (Fsp3) is 0.143. The number of hydrogen-bond donors (Lipinski definition) is 0. The summed E-state index contributed by atoms with van der Waals surface area (Å²) in [5.74, 6) is -1.39. The van der Waals surface area contributed by atoms with E-state index in [1.54, 1.807) is 0 Å². The van der Waals surface area contributed by atoms with E-state index >= 15 is 0 Å². The van der Waals surface area contributed by atoms with Crippen LogP contribution in [0.3, 0.4) is 0 Å². The monoisotopic (exact) mass is 348 g/mol. The van der Waals surface area contributed by atoms with Crippen LogP contribution in [0.1, 0.15) is 11.1 Å². The molecule has 0 radical (unpaired) electrons. The molecule has 0 amide bonds. The standard InChI is InChI=1S/C14H9BrF4O/c15-8-9-5-6-12(10(7-9)14(17,18)19)20-13-4-2-1-3-11(13)16/h1-7H,8H2. The molecule has 1 nitrogen and oxygen atoms in total. The minimum Gasteiger partial charge on any atom is -0.454 e. The highest BCUT2D eigenvalue weighted by Gasteiger charge is 2.35. The topological polar surface area (TPSA) is 9.23 Å². The summed E-state index contributed by atoms with van der Waals surface area (Å²) in [6.45, 7) is 0. The van der Waals surface area contributed by atoms with Crippen molar-refractivity contribution in [2.75, 3.05) is 0 Å². The van der Waals surface area contributed by atoms with Gasteiger partial charge in [-0.05, 0) is 29.8 Å². The van der Waals surface area contributed by atoms with Gasteiger partial charge in [-0.2, -0.15) is 13.2 Å². The van der Waals surface area contributed by atoms with Crippen LogP contribution in [-0.2, 0) is 11.5 Å². The van der Waals surface area contributed by atoms with Crippen molar-refractivity contribution in [1.82, 2.24) is 0 Å². The van der Waals surface area contributed by atoms with Gasteiger partial charge in [-0.1, -0.05) is 34.1 Å². The van der Waals surface area contributed by atoms with Crippen LogP contribution in [0.5, 0.6) is 11.5 Å². The third-order valence-electron chi connectivity index (χ3n) is 2.56. The Morgan fingerprint density at radius 1 is 1.00 bits per heavy atom. The van der Waals surface area contributed by atoms with Gasteiger partial charge in [0, 0.05) is 5.33 Å². The van der Waals surface area contributed by atoms with Gasteiger partial charge in [-0.3, -0.25) is 0 Å². The average Bonchev–Trinajstić information content (AvgIpc) is 2.40. The van der Waals surface area contributed by atoms with Crippen LogP contribution in [-0.4, -0.2) is 0 Å². The van der Waals surface area contributed by atoms with Gasteiger partial charge in [0.05, 0.1) is 5.56 Å². The quantitative estimate of drug-likeness (QED) is 0.523. The molecule has 2 aromatic rings. The molecule has 0 saturated heterocycles. The number of alkyl halides is 4. The molecule has 0 bridgehead atoms. The van der Waals surface area contributed by atoms with Crippen LogP contribution in [0, 0.1) is 5.82 Å². The Morgan fingerprint density at radius 2 is 1.70 bits per heavy atom. The zero-order valence-corrected chi connectivity index (χ0v) is 11.6. The number of para-hydroxylation sites is 1. The van der Waals surface area contributed by atoms with E-state index in [1.807, 2.05) is 0 Å². The fourth-order valence-electron chi connectivity index (χ4n) is 1.62. The summed E-state index contributed by atoms with van der Waals surface area (Å²) in [5, 5.41) is 0.288. The molecular formula is C14H9BrF4O. The lowest BCUT2D eigenvalue weighted by atomic mass is 10.1. The fourth-order valence-corrected chi connectivity index (χ4v) is 1.97. The van der Waals surface area contributed by atoms with E-state index in [4.69, 9.17) is 4.74 Å². The van der Waals surface area contributed by atoms with Crippen LogP contribution < -0.4 is 4.74 Å². The summed E-state index contributed by atoms with van der Waals surface area (Å²) in [6, 6.07) is 8.96. The molecule has 0 aliphatic carbocycles. The van der Waals surface area contributed by atoms with Crippen molar-refractivity contribution in [3.8, 4) is 11.5 Å². The van der Waals surface area contributed by atoms with Gasteiger partial charge in [0.15, 0.2) is 11.6 Å². The summed E-state index contributed by atoms with van der Waals surface area (Å²) >= 11 is 3.09. The van der Waals surface area contributed by atoms with Crippen LogP contribution in [0.4, 0.5) is 17.6 Å². The third kappa shape index (κ3) is 3.30. The molecule has 0 fully saturated rings. The van der Waals surface area contributed by atoms with E-state index < -0.39 is 23.3 Å². The highest BCUT2D eigenvalue weighted by molar-refractivity contribution is 9.08. The summed E-state index contributed by atoms with van der Waals surface area (Å²) in [4.78, 5) is 0. The maximum absolute atomic E-state index is 13.4. The van der Waals surface area contributed by atoms with Crippen LogP contribution in [0.15, 0.2) is 42.5 Å². The Labute approximate surface area is 121 Å². The summed E-state index contributed by atoms with van der Waals surface area (Å²) in [7, 11) is 0. The highest BCUT2D eigenvalue weighted by Crippen LogP contribution is 2.39. The molecule has 6 heteroatoms. The van der Waals surface area contributed by atoms with Gasteiger partial charge in [-0.15, -0.1) is 0 Å². The molecular weight excluding hydrogens is 340 g/mol. The number of halogens is 5. The zero-order chi connectivity index (χ0) is 14.8. The molecule has 0 N–H and O–H groups in total. The van der Waals surface area contributed by atoms with Gasteiger partial charge >= 0.3 is 6.18 Å². The van der Waals surface area contributed by atoms with Gasteiger partial charge in [0.25, 0.3) is 0 Å². The molecule has 0 aliphatic heterocycles. The Morgan fingerprint density at radius 3 is 2.30 bits per heavy atom. The summed E-state index contributed by atoms with van der Waals surface area (Å²) in [6.07, 6.45) is -4.57. The number of hydrogen-bond acceptors (Lipinski definition) is 1. The summed E-state index contributed by atoms with van der Waals surface area (Å²) in [5.41, 5.74) is -0.476. The van der Waals surface area contributed by atoms with E-state index in [2.05, 4.69) is 15.9 Å². The van der Waals surface area contributed by atoms with Gasteiger partial charge in [0.1, 0.15) is 5.75 Å². The van der Waals surface area contributed by atoms with E-state index in [-0.39, 0.29) is 11.1 Å². The van der Waals surface area contributed by atoms with Crippen molar-refractivity contribution >= 4 is 15.9 Å².